The van der Waals surface area contributed by atoms with Gasteiger partial charge in [0.1, 0.15) is 16.7 Å². The largest absolute Gasteiger partial charge is 0.327 e. The van der Waals surface area contributed by atoms with Gasteiger partial charge in [-0.2, -0.15) is 9.57 Å². The van der Waals surface area contributed by atoms with Crippen molar-refractivity contribution in [2.75, 3.05) is 13.1 Å². The third-order valence-corrected chi connectivity index (χ3v) is 5.27. The summed E-state index contributed by atoms with van der Waals surface area (Å²) in [6.45, 7) is 2.79. The lowest BCUT2D eigenvalue weighted by atomic mass is 9.96. The molecule has 0 radical (unpaired) electrons. The van der Waals surface area contributed by atoms with E-state index in [9.17, 15) is 8.42 Å². The fourth-order valence-corrected chi connectivity index (χ4v) is 3.59. The molecule has 1 aromatic heterocycles. The molecule has 1 fully saturated rings. The van der Waals surface area contributed by atoms with Crippen molar-refractivity contribution in [1.29, 1.82) is 5.26 Å². The molecule has 0 spiro atoms. The first-order valence-corrected chi connectivity index (χ1v) is 7.51. The van der Waals surface area contributed by atoms with Crippen LogP contribution in [0, 0.1) is 17.2 Å². The van der Waals surface area contributed by atoms with E-state index >= 15 is 0 Å². The van der Waals surface area contributed by atoms with Gasteiger partial charge in [0.2, 0.25) is 10.0 Å². The average Bonchev–Trinajstić information content (AvgIpc) is 2.41. The molecule has 1 aliphatic heterocycles. The molecule has 1 aromatic rings. The first-order valence-electron chi connectivity index (χ1n) is 6.07. The average molecular weight is 280 g/mol. The Bertz CT molecular complexity index is 591. The van der Waals surface area contributed by atoms with E-state index in [0.29, 0.717) is 19.5 Å². The number of piperidine rings is 1. The number of rotatable bonds is 2. The van der Waals surface area contributed by atoms with Crippen LogP contribution in [-0.4, -0.2) is 36.8 Å². The van der Waals surface area contributed by atoms with Crippen molar-refractivity contribution in [3.05, 3.63) is 24.0 Å². The number of nitrogens with two attached hydrogens (primary N) is 1. The maximum atomic E-state index is 12.4. The van der Waals surface area contributed by atoms with E-state index in [0.717, 1.165) is 0 Å². The molecule has 2 unspecified atom stereocenters. The minimum atomic E-state index is -3.54. The molecule has 7 heteroatoms. The van der Waals surface area contributed by atoms with E-state index < -0.39 is 10.0 Å². The van der Waals surface area contributed by atoms with Crippen LogP contribution in [0.5, 0.6) is 0 Å². The standard InChI is InChI=1S/C12H16N4O2S/c1-9-8-16(5-4-12(9)14)19(17,18)11-3-2-10(6-13)15-7-11/h2-3,7,9,12H,4-5,8,14H2,1H3. The minimum Gasteiger partial charge on any atom is -0.327 e. The smallest absolute Gasteiger partial charge is 0.244 e. The van der Waals surface area contributed by atoms with Gasteiger partial charge in [0, 0.05) is 25.3 Å². The normalized spacial score (nSPS) is 24.9. The third-order valence-electron chi connectivity index (χ3n) is 3.42. The minimum absolute atomic E-state index is 0.0468. The zero-order chi connectivity index (χ0) is 14.0. The van der Waals surface area contributed by atoms with Crippen molar-refractivity contribution in [1.82, 2.24) is 9.29 Å². The third kappa shape index (κ3) is 2.76. The van der Waals surface area contributed by atoms with Gasteiger partial charge in [0.15, 0.2) is 0 Å². The number of aromatic nitrogens is 1. The maximum Gasteiger partial charge on any atom is 0.244 e. The van der Waals surface area contributed by atoms with Gasteiger partial charge in [-0.05, 0) is 24.5 Å². The number of nitrogens with zero attached hydrogens (tertiary/aromatic N) is 3. The summed E-state index contributed by atoms with van der Waals surface area (Å²) in [5, 5.41) is 8.66. The highest BCUT2D eigenvalue weighted by atomic mass is 32.2. The van der Waals surface area contributed by atoms with Crippen molar-refractivity contribution >= 4 is 10.0 Å². The van der Waals surface area contributed by atoms with Gasteiger partial charge in [-0.25, -0.2) is 13.4 Å². The molecule has 0 amide bonds. The fraction of sp³-hybridized carbons (Fsp3) is 0.500. The van der Waals surface area contributed by atoms with E-state index in [1.165, 1.54) is 22.6 Å². The topological polar surface area (TPSA) is 100 Å². The molecule has 1 aliphatic rings. The second-order valence-corrected chi connectivity index (χ2v) is 6.72. The van der Waals surface area contributed by atoms with Gasteiger partial charge in [0.05, 0.1) is 0 Å². The number of sulfonamides is 1. The van der Waals surface area contributed by atoms with Gasteiger partial charge in [-0.15, -0.1) is 0 Å². The van der Waals surface area contributed by atoms with Crippen LogP contribution in [0.2, 0.25) is 0 Å². The van der Waals surface area contributed by atoms with Crippen LogP contribution < -0.4 is 5.73 Å². The molecule has 2 N–H and O–H groups in total. The summed E-state index contributed by atoms with van der Waals surface area (Å²) in [5.41, 5.74) is 6.09. The van der Waals surface area contributed by atoms with Crippen molar-refractivity contribution in [3.8, 4) is 6.07 Å². The molecule has 6 nitrogen and oxygen atoms in total. The SMILES string of the molecule is CC1CN(S(=O)(=O)c2ccc(C#N)nc2)CCC1N. The summed E-state index contributed by atoms with van der Waals surface area (Å²) in [6, 6.07) is 4.73. The molecule has 0 aliphatic carbocycles. The van der Waals surface area contributed by atoms with Crippen molar-refractivity contribution in [2.24, 2.45) is 11.7 Å². The van der Waals surface area contributed by atoms with Crippen LogP contribution in [0.4, 0.5) is 0 Å². The molecule has 2 atom stereocenters. The maximum absolute atomic E-state index is 12.4. The van der Waals surface area contributed by atoms with Crippen molar-refractivity contribution in [2.45, 2.75) is 24.3 Å². The molecule has 19 heavy (non-hydrogen) atoms. The summed E-state index contributed by atoms with van der Waals surface area (Å²) < 4.78 is 26.2. The van der Waals surface area contributed by atoms with Gasteiger partial charge >= 0.3 is 0 Å². The Kier molecular flexibility index (Phi) is 3.85. The second kappa shape index (κ2) is 5.25. The molecule has 0 bridgehead atoms. The summed E-state index contributed by atoms with van der Waals surface area (Å²) in [7, 11) is -3.54. The van der Waals surface area contributed by atoms with Crippen molar-refractivity contribution in [3.63, 3.8) is 0 Å². The van der Waals surface area contributed by atoms with Crippen LogP contribution in [0.15, 0.2) is 23.2 Å². The van der Waals surface area contributed by atoms with Gasteiger partial charge in [-0.3, -0.25) is 0 Å². The number of nitriles is 1. The molecule has 2 heterocycles. The zero-order valence-corrected chi connectivity index (χ0v) is 11.5. The van der Waals surface area contributed by atoms with Crippen LogP contribution in [0.1, 0.15) is 19.0 Å². The van der Waals surface area contributed by atoms with Crippen LogP contribution in [-0.2, 0) is 10.0 Å². The summed E-state index contributed by atoms with van der Waals surface area (Å²) >= 11 is 0. The highest BCUT2D eigenvalue weighted by molar-refractivity contribution is 7.89. The van der Waals surface area contributed by atoms with Crippen LogP contribution >= 0.6 is 0 Å². The quantitative estimate of drug-likeness (QED) is 0.840. The first-order chi connectivity index (χ1) is 8.95. The number of hydrogen-bond acceptors (Lipinski definition) is 5. The fourth-order valence-electron chi connectivity index (χ4n) is 2.09. The Balaban J connectivity index is 2.25. The van der Waals surface area contributed by atoms with Gasteiger partial charge < -0.3 is 5.73 Å². The first kappa shape index (κ1) is 13.9. The lowest BCUT2D eigenvalue weighted by Crippen LogP contribution is -2.48. The predicted molar refractivity (Wildman–Crippen MR) is 69.5 cm³/mol. The highest BCUT2D eigenvalue weighted by Gasteiger charge is 2.32. The van der Waals surface area contributed by atoms with Crippen LogP contribution in [0.3, 0.4) is 0 Å². The van der Waals surface area contributed by atoms with Gasteiger partial charge in [-0.1, -0.05) is 6.92 Å². The van der Waals surface area contributed by atoms with E-state index in [1.54, 1.807) is 0 Å². The molecular weight excluding hydrogens is 264 g/mol. The summed E-state index contributed by atoms with van der Waals surface area (Å²) in [4.78, 5) is 3.92. The lowest BCUT2D eigenvalue weighted by molar-refractivity contribution is 0.250. The molecule has 0 saturated carbocycles. The number of hydrogen-bond donors (Lipinski definition) is 1. The van der Waals surface area contributed by atoms with Crippen LogP contribution in [0.25, 0.3) is 0 Å². The Labute approximate surface area is 112 Å². The highest BCUT2D eigenvalue weighted by Crippen LogP contribution is 2.22. The van der Waals surface area contributed by atoms with Crippen molar-refractivity contribution < 1.29 is 8.42 Å². The molecule has 1 saturated heterocycles. The Morgan fingerprint density at radius 3 is 2.79 bits per heavy atom. The summed E-state index contributed by atoms with van der Waals surface area (Å²) in [6.07, 6.45) is 1.89. The van der Waals surface area contributed by atoms with E-state index in [1.807, 2.05) is 13.0 Å². The van der Waals surface area contributed by atoms with E-state index in [4.69, 9.17) is 11.0 Å². The molecule has 2 rings (SSSR count). The molecule has 0 aromatic carbocycles. The molecule has 102 valence electrons. The monoisotopic (exact) mass is 280 g/mol. The number of pyridine rings is 1. The predicted octanol–water partition coefficient (Wildman–Crippen LogP) is 0.311. The van der Waals surface area contributed by atoms with E-state index in [-0.39, 0.29) is 22.5 Å². The Morgan fingerprint density at radius 2 is 2.26 bits per heavy atom. The Morgan fingerprint density at radius 1 is 1.53 bits per heavy atom. The Hall–Kier alpha value is -1.49. The van der Waals surface area contributed by atoms with Gasteiger partial charge in [0.25, 0.3) is 0 Å². The van der Waals surface area contributed by atoms with E-state index in [2.05, 4.69) is 4.98 Å². The molecular formula is C12H16N4O2S. The zero-order valence-electron chi connectivity index (χ0n) is 10.7. The summed E-state index contributed by atoms with van der Waals surface area (Å²) in [5.74, 6) is 0.134. The second-order valence-electron chi connectivity index (χ2n) is 4.78. The lowest BCUT2D eigenvalue weighted by Gasteiger charge is -2.34.